The number of hydrogen-bond donors (Lipinski definition) is 2. The predicted octanol–water partition coefficient (Wildman–Crippen LogP) is 0.385. The van der Waals surface area contributed by atoms with Crippen molar-refractivity contribution in [2.45, 2.75) is 39.3 Å². The van der Waals surface area contributed by atoms with E-state index in [9.17, 15) is 9.59 Å². The molecule has 3 N–H and O–H groups in total. The number of carbonyl (C=O) groups is 2. The molecular weight excluding hydrogens is 172 g/mol. The van der Waals surface area contributed by atoms with Gasteiger partial charge in [0.2, 0.25) is 0 Å². The highest BCUT2D eigenvalue weighted by Gasteiger charge is 2.21. The second-order valence-corrected chi connectivity index (χ2v) is 3.76. The third-order valence-corrected chi connectivity index (χ3v) is 1.12. The molecule has 2 amide bonds. The molecule has 0 bridgehead atoms. The first-order valence-corrected chi connectivity index (χ1v) is 4.01. The minimum atomic E-state index is -0.738. The Labute approximate surface area is 77.6 Å². The Morgan fingerprint density at radius 3 is 2.15 bits per heavy atom. The Morgan fingerprint density at radius 2 is 1.85 bits per heavy atom. The summed E-state index contributed by atoms with van der Waals surface area (Å²) in [5.41, 5.74) is 4.29. The lowest BCUT2D eigenvalue weighted by Gasteiger charge is -2.22. The number of carbonyl (C=O) groups excluding carboxylic acids is 2. The lowest BCUT2D eigenvalue weighted by atomic mass is 10.2. The summed E-state index contributed by atoms with van der Waals surface area (Å²) in [6, 6.07) is -1.45. The third kappa shape index (κ3) is 5.95. The van der Waals surface area contributed by atoms with Crippen LogP contribution in [0.2, 0.25) is 0 Å². The van der Waals surface area contributed by atoms with Crippen LogP contribution in [0.3, 0.4) is 0 Å². The van der Waals surface area contributed by atoms with Crippen LogP contribution in [0.25, 0.3) is 0 Å². The van der Waals surface area contributed by atoms with Crippen LogP contribution >= 0.6 is 0 Å². The fraction of sp³-hybridized carbons (Fsp3) is 0.750. The first-order chi connectivity index (χ1) is 5.72. The smallest absolute Gasteiger partial charge is 0.328 e. The summed E-state index contributed by atoms with van der Waals surface area (Å²) < 4.78 is 4.99. The van der Waals surface area contributed by atoms with E-state index >= 15 is 0 Å². The van der Waals surface area contributed by atoms with Gasteiger partial charge in [-0.2, -0.15) is 0 Å². The van der Waals surface area contributed by atoms with Crippen LogP contribution in [-0.2, 0) is 9.53 Å². The molecule has 1 atom stereocenters. The summed E-state index contributed by atoms with van der Waals surface area (Å²) in [7, 11) is 0. The molecular formula is C8H16N2O3. The molecule has 0 aliphatic rings. The van der Waals surface area contributed by atoms with Crippen LogP contribution in [0.5, 0.6) is 0 Å². The molecule has 0 radical (unpaired) electrons. The maximum absolute atomic E-state index is 11.2. The molecule has 0 aromatic carbocycles. The highest BCUT2D eigenvalue weighted by atomic mass is 16.6. The van der Waals surface area contributed by atoms with Crippen molar-refractivity contribution in [3.63, 3.8) is 0 Å². The normalized spacial score (nSPS) is 13.2. The van der Waals surface area contributed by atoms with Crippen molar-refractivity contribution in [3.05, 3.63) is 0 Å². The van der Waals surface area contributed by atoms with E-state index in [0.29, 0.717) is 0 Å². The first-order valence-electron chi connectivity index (χ1n) is 4.01. The summed E-state index contributed by atoms with van der Waals surface area (Å²) in [5, 5.41) is 2.23. The number of primary amides is 1. The molecule has 0 rings (SSSR count). The summed E-state index contributed by atoms with van der Waals surface area (Å²) >= 11 is 0. The average molecular weight is 188 g/mol. The average Bonchev–Trinajstić information content (AvgIpc) is 1.81. The maximum atomic E-state index is 11.2. The zero-order valence-corrected chi connectivity index (χ0v) is 8.38. The van der Waals surface area contributed by atoms with Crippen LogP contribution in [0.1, 0.15) is 27.7 Å². The number of ether oxygens (including phenoxy) is 1. The van der Waals surface area contributed by atoms with Gasteiger partial charge in [0.1, 0.15) is 11.6 Å². The van der Waals surface area contributed by atoms with E-state index in [-0.39, 0.29) is 0 Å². The van der Waals surface area contributed by atoms with Crippen LogP contribution in [0, 0.1) is 0 Å². The van der Waals surface area contributed by atoms with Crippen molar-refractivity contribution < 1.29 is 14.3 Å². The standard InChI is InChI=1S/C8H16N2O3/c1-5(10-7(9)12)6(11)13-8(2,3)4/h5H,1-4H3,(H3,9,10,12)/t5-/m1/s1. The van der Waals surface area contributed by atoms with Gasteiger partial charge < -0.3 is 15.8 Å². The second-order valence-electron chi connectivity index (χ2n) is 3.76. The molecule has 0 aliphatic heterocycles. The van der Waals surface area contributed by atoms with Crippen molar-refractivity contribution >= 4 is 12.0 Å². The van der Waals surface area contributed by atoms with E-state index in [0.717, 1.165) is 0 Å². The number of hydrogen-bond acceptors (Lipinski definition) is 3. The molecule has 0 aromatic rings. The van der Waals surface area contributed by atoms with Gasteiger partial charge in [0, 0.05) is 0 Å². The van der Waals surface area contributed by atoms with Gasteiger partial charge in [-0.05, 0) is 27.7 Å². The van der Waals surface area contributed by atoms with Gasteiger partial charge in [-0.15, -0.1) is 0 Å². The summed E-state index contributed by atoms with van der Waals surface area (Å²) in [4.78, 5) is 21.6. The summed E-state index contributed by atoms with van der Waals surface area (Å²) in [5.74, 6) is -0.494. The van der Waals surface area contributed by atoms with Crippen molar-refractivity contribution in [1.29, 1.82) is 0 Å². The van der Waals surface area contributed by atoms with Gasteiger partial charge in [0.15, 0.2) is 0 Å². The van der Waals surface area contributed by atoms with Crippen molar-refractivity contribution in [2.24, 2.45) is 5.73 Å². The molecule has 0 aliphatic carbocycles. The fourth-order valence-corrected chi connectivity index (χ4v) is 0.662. The van der Waals surface area contributed by atoms with Crippen LogP contribution in [0.4, 0.5) is 4.79 Å². The van der Waals surface area contributed by atoms with E-state index in [1.165, 1.54) is 6.92 Å². The largest absolute Gasteiger partial charge is 0.458 e. The molecule has 5 heteroatoms. The number of amides is 2. The topological polar surface area (TPSA) is 81.4 Å². The Hall–Kier alpha value is -1.26. The van der Waals surface area contributed by atoms with Crippen molar-refractivity contribution in [2.75, 3.05) is 0 Å². The monoisotopic (exact) mass is 188 g/mol. The van der Waals surface area contributed by atoms with E-state index in [1.54, 1.807) is 20.8 Å². The van der Waals surface area contributed by atoms with Gasteiger partial charge in [-0.25, -0.2) is 9.59 Å². The highest BCUT2D eigenvalue weighted by molar-refractivity contribution is 5.82. The first kappa shape index (κ1) is 11.7. The molecule has 0 aromatic heterocycles. The molecule has 0 spiro atoms. The summed E-state index contributed by atoms with van der Waals surface area (Å²) in [6.07, 6.45) is 0. The number of esters is 1. The lowest BCUT2D eigenvalue weighted by molar-refractivity contribution is -0.156. The molecule has 0 fully saturated rings. The maximum Gasteiger partial charge on any atom is 0.328 e. The minimum Gasteiger partial charge on any atom is -0.458 e. The third-order valence-electron chi connectivity index (χ3n) is 1.12. The fourth-order valence-electron chi connectivity index (χ4n) is 0.662. The van der Waals surface area contributed by atoms with E-state index in [4.69, 9.17) is 10.5 Å². The Kier molecular flexibility index (Phi) is 3.71. The van der Waals surface area contributed by atoms with E-state index in [2.05, 4.69) is 5.32 Å². The number of urea groups is 1. The van der Waals surface area contributed by atoms with Crippen LogP contribution in [0.15, 0.2) is 0 Å². The summed E-state index contributed by atoms with van der Waals surface area (Å²) in [6.45, 7) is 6.77. The lowest BCUT2D eigenvalue weighted by Crippen LogP contribution is -2.44. The minimum absolute atomic E-state index is 0.494. The Balaban J connectivity index is 4.05. The predicted molar refractivity (Wildman–Crippen MR) is 48.0 cm³/mol. The zero-order chi connectivity index (χ0) is 10.6. The Bertz CT molecular complexity index is 208. The number of nitrogens with one attached hydrogen (secondary N) is 1. The highest BCUT2D eigenvalue weighted by Crippen LogP contribution is 2.07. The molecule has 5 nitrogen and oxygen atoms in total. The molecule has 0 heterocycles. The van der Waals surface area contributed by atoms with Crippen LogP contribution in [-0.4, -0.2) is 23.6 Å². The Morgan fingerprint density at radius 1 is 1.38 bits per heavy atom. The molecule has 76 valence electrons. The quantitative estimate of drug-likeness (QED) is 0.615. The molecule has 0 saturated heterocycles. The van der Waals surface area contributed by atoms with Gasteiger partial charge in [0.25, 0.3) is 0 Å². The molecule has 0 unspecified atom stereocenters. The second kappa shape index (κ2) is 4.11. The molecule has 0 saturated carbocycles. The number of rotatable bonds is 2. The molecule has 13 heavy (non-hydrogen) atoms. The van der Waals surface area contributed by atoms with Gasteiger partial charge in [-0.1, -0.05) is 0 Å². The van der Waals surface area contributed by atoms with Crippen molar-refractivity contribution in [1.82, 2.24) is 5.32 Å². The van der Waals surface area contributed by atoms with Crippen molar-refractivity contribution in [3.8, 4) is 0 Å². The van der Waals surface area contributed by atoms with E-state index in [1.807, 2.05) is 0 Å². The van der Waals surface area contributed by atoms with E-state index < -0.39 is 23.6 Å². The van der Waals surface area contributed by atoms with Crippen LogP contribution < -0.4 is 11.1 Å². The van der Waals surface area contributed by atoms with Gasteiger partial charge >= 0.3 is 12.0 Å². The SMILES string of the molecule is C[C@@H](NC(N)=O)C(=O)OC(C)(C)C. The zero-order valence-electron chi connectivity index (χ0n) is 8.38. The van der Waals surface area contributed by atoms with Gasteiger partial charge in [-0.3, -0.25) is 0 Å². The number of nitrogens with two attached hydrogens (primary N) is 1. The van der Waals surface area contributed by atoms with Gasteiger partial charge in [0.05, 0.1) is 0 Å².